The highest BCUT2D eigenvalue weighted by atomic mass is 16.6. The molecule has 1 aromatic rings. The molecular formula is C20H28O5. The van der Waals surface area contributed by atoms with Crippen LogP contribution in [-0.2, 0) is 21.6 Å². The van der Waals surface area contributed by atoms with Crippen molar-refractivity contribution in [3.05, 3.63) is 58.1 Å². The van der Waals surface area contributed by atoms with Gasteiger partial charge in [0.25, 0.3) is 0 Å². The number of ether oxygens (including phenoxy) is 1. The van der Waals surface area contributed by atoms with Crippen LogP contribution in [0.2, 0.25) is 0 Å². The Morgan fingerprint density at radius 1 is 1.12 bits per heavy atom. The number of carbonyl (C=O) groups is 1. The fraction of sp³-hybridized carbons (Fsp3) is 0.500. The molecule has 0 aromatic carbocycles. The van der Waals surface area contributed by atoms with Crippen molar-refractivity contribution in [1.82, 2.24) is 0 Å². The zero-order chi connectivity index (χ0) is 19.3. The quantitative estimate of drug-likeness (QED) is 0.528. The number of hydrogen-bond acceptors (Lipinski definition) is 5. The van der Waals surface area contributed by atoms with Crippen LogP contribution in [0.3, 0.4) is 0 Å². The first-order chi connectivity index (χ1) is 11.6. The van der Waals surface area contributed by atoms with Crippen molar-refractivity contribution < 1.29 is 18.4 Å². The van der Waals surface area contributed by atoms with Crippen molar-refractivity contribution in [2.24, 2.45) is 5.41 Å². The van der Waals surface area contributed by atoms with Crippen LogP contribution in [0, 0.1) is 5.41 Å². The summed E-state index contributed by atoms with van der Waals surface area (Å²) in [5, 5.41) is 0. The predicted molar refractivity (Wildman–Crippen MR) is 97.2 cm³/mol. The Hall–Kier alpha value is -2.30. The summed E-state index contributed by atoms with van der Waals surface area (Å²) in [7, 11) is 0. The van der Waals surface area contributed by atoms with Crippen molar-refractivity contribution in [3.63, 3.8) is 0 Å². The van der Waals surface area contributed by atoms with Gasteiger partial charge in [-0.15, -0.1) is 0 Å². The maximum atomic E-state index is 11.7. The average Bonchev–Trinajstić information content (AvgIpc) is 2.90. The lowest BCUT2D eigenvalue weighted by molar-refractivity contribution is -0.142. The number of hydrogen-bond donors (Lipinski definition) is 0. The number of rotatable bonds is 7. The lowest BCUT2D eigenvalue weighted by Gasteiger charge is -2.41. The molecule has 0 radical (unpaired) electrons. The van der Waals surface area contributed by atoms with Gasteiger partial charge in [-0.05, 0) is 19.4 Å². The third-order valence-electron chi connectivity index (χ3n) is 4.72. The van der Waals surface area contributed by atoms with E-state index < -0.39 is 22.6 Å². The van der Waals surface area contributed by atoms with Gasteiger partial charge in [-0.2, -0.15) is 0 Å². The van der Waals surface area contributed by atoms with Gasteiger partial charge in [-0.1, -0.05) is 58.1 Å². The molecule has 138 valence electrons. The molecule has 0 aliphatic heterocycles. The van der Waals surface area contributed by atoms with Gasteiger partial charge in [0, 0.05) is 17.8 Å². The van der Waals surface area contributed by atoms with Crippen molar-refractivity contribution in [1.29, 1.82) is 0 Å². The molecule has 5 nitrogen and oxygen atoms in total. The maximum absolute atomic E-state index is 11.7. The Bertz CT molecular complexity index is 738. The Morgan fingerprint density at radius 2 is 1.76 bits per heavy atom. The minimum Gasteiger partial charge on any atom is -0.458 e. The van der Waals surface area contributed by atoms with E-state index in [1.165, 1.54) is 6.92 Å². The van der Waals surface area contributed by atoms with Crippen LogP contribution in [0.15, 0.2) is 49.6 Å². The van der Waals surface area contributed by atoms with E-state index in [1.54, 1.807) is 0 Å². The van der Waals surface area contributed by atoms with Gasteiger partial charge >= 0.3 is 11.8 Å². The van der Waals surface area contributed by atoms with Crippen LogP contribution in [0.4, 0.5) is 0 Å². The molecule has 1 aromatic heterocycles. The molecule has 0 unspecified atom stereocenters. The molecule has 0 aliphatic rings. The first-order valence-corrected chi connectivity index (χ1v) is 8.30. The highest BCUT2D eigenvalue weighted by Crippen LogP contribution is 2.47. The van der Waals surface area contributed by atoms with Crippen LogP contribution in [-0.4, -0.2) is 5.97 Å². The van der Waals surface area contributed by atoms with Gasteiger partial charge < -0.3 is 13.6 Å². The fourth-order valence-corrected chi connectivity index (χ4v) is 2.54. The fourth-order valence-electron chi connectivity index (χ4n) is 2.54. The third kappa shape index (κ3) is 4.62. The summed E-state index contributed by atoms with van der Waals surface area (Å²) < 4.78 is 15.5. The van der Waals surface area contributed by atoms with E-state index in [2.05, 4.69) is 13.8 Å². The van der Waals surface area contributed by atoms with Crippen molar-refractivity contribution in [2.75, 3.05) is 0 Å². The number of allylic oxidation sites excluding steroid dienone is 6. The zero-order valence-electron chi connectivity index (χ0n) is 16.1. The number of carbonyl (C=O) groups excluding carboxylic acids is 1. The van der Waals surface area contributed by atoms with E-state index in [4.69, 9.17) is 13.6 Å². The Kier molecular flexibility index (Phi) is 6.79. The van der Waals surface area contributed by atoms with Gasteiger partial charge in [0.15, 0.2) is 18.1 Å². The Morgan fingerprint density at radius 3 is 2.28 bits per heavy atom. The summed E-state index contributed by atoms with van der Waals surface area (Å²) >= 11 is 0. The van der Waals surface area contributed by atoms with Gasteiger partial charge in [0.05, 0.1) is 0 Å². The third-order valence-corrected chi connectivity index (χ3v) is 4.72. The van der Waals surface area contributed by atoms with Crippen LogP contribution in [0.1, 0.15) is 60.0 Å². The van der Waals surface area contributed by atoms with E-state index in [-0.39, 0.29) is 12.4 Å². The van der Waals surface area contributed by atoms with E-state index in [0.29, 0.717) is 5.76 Å². The highest BCUT2D eigenvalue weighted by Gasteiger charge is 2.45. The molecular weight excluding hydrogens is 320 g/mol. The van der Waals surface area contributed by atoms with E-state index in [9.17, 15) is 9.59 Å². The first kappa shape index (κ1) is 20.7. The Balaban J connectivity index is 3.43. The summed E-state index contributed by atoms with van der Waals surface area (Å²) in [5.74, 6) is -0.621. The molecule has 0 amide bonds. The second-order valence-electron chi connectivity index (χ2n) is 6.88. The van der Waals surface area contributed by atoms with Crippen molar-refractivity contribution >= 4 is 5.97 Å². The minimum absolute atomic E-state index is 0.132. The summed E-state index contributed by atoms with van der Waals surface area (Å²) in [6, 6.07) is 0. The lowest BCUT2D eigenvalue weighted by Crippen LogP contribution is -2.38. The molecule has 0 N–H and O–H groups in total. The molecule has 5 heteroatoms. The topological polar surface area (TPSA) is 69.7 Å². The molecule has 0 bridgehead atoms. The minimum atomic E-state index is -0.800. The maximum Gasteiger partial charge on any atom is 0.519 e. The molecule has 0 spiro atoms. The van der Waals surface area contributed by atoms with Gasteiger partial charge in [0.2, 0.25) is 0 Å². The van der Waals surface area contributed by atoms with Crippen LogP contribution < -0.4 is 5.82 Å². The molecule has 0 atom stereocenters. The summed E-state index contributed by atoms with van der Waals surface area (Å²) in [5.41, 5.74) is 0.0751. The second-order valence-corrected chi connectivity index (χ2v) is 6.88. The molecule has 1 rings (SSSR count). The molecule has 0 saturated heterocycles. The SMILES string of the molecule is C\C=C/C=C(\C=C/C)C(C)(C)C(C)(C)c1oc(=O)oc1COC(C)=O. The Labute approximate surface area is 149 Å². The molecule has 0 saturated carbocycles. The van der Waals surface area contributed by atoms with Crippen LogP contribution in [0.5, 0.6) is 0 Å². The summed E-state index contributed by atoms with van der Waals surface area (Å²) in [6.07, 6.45) is 9.96. The molecule has 0 aliphatic carbocycles. The zero-order valence-corrected chi connectivity index (χ0v) is 16.1. The molecule has 0 fully saturated rings. The molecule has 25 heavy (non-hydrogen) atoms. The van der Waals surface area contributed by atoms with Crippen molar-refractivity contribution in [2.45, 2.75) is 60.5 Å². The highest BCUT2D eigenvalue weighted by molar-refractivity contribution is 5.65. The van der Waals surface area contributed by atoms with Gasteiger partial charge in [0.1, 0.15) is 0 Å². The van der Waals surface area contributed by atoms with Gasteiger partial charge in [-0.3, -0.25) is 4.79 Å². The van der Waals surface area contributed by atoms with E-state index >= 15 is 0 Å². The molecule has 1 heterocycles. The lowest BCUT2D eigenvalue weighted by atomic mass is 9.62. The standard InChI is InChI=1S/C20H28O5/c1-8-10-12-15(11-9-2)19(4,5)20(6,7)17-16(13-23-14(3)21)24-18(22)25-17/h8-12H,13H2,1-7H3/b10-8-,11-9-,15-12+. The van der Waals surface area contributed by atoms with Crippen LogP contribution in [0.25, 0.3) is 0 Å². The first-order valence-electron chi connectivity index (χ1n) is 8.30. The van der Waals surface area contributed by atoms with E-state index in [0.717, 1.165) is 5.57 Å². The van der Waals surface area contributed by atoms with Crippen LogP contribution >= 0.6 is 0 Å². The smallest absolute Gasteiger partial charge is 0.458 e. The largest absolute Gasteiger partial charge is 0.519 e. The average molecular weight is 348 g/mol. The number of esters is 1. The monoisotopic (exact) mass is 348 g/mol. The normalized spacial score (nSPS) is 13.8. The summed E-state index contributed by atoms with van der Waals surface area (Å²) in [6.45, 7) is 13.2. The van der Waals surface area contributed by atoms with E-state index in [1.807, 2.05) is 58.1 Å². The predicted octanol–water partition coefficient (Wildman–Crippen LogP) is 4.68. The summed E-state index contributed by atoms with van der Waals surface area (Å²) in [4.78, 5) is 22.8. The second kappa shape index (κ2) is 8.19. The van der Waals surface area contributed by atoms with Gasteiger partial charge in [-0.25, -0.2) is 4.79 Å². The van der Waals surface area contributed by atoms with Crippen molar-refractivity contribution in [3.8, 4) is 0 Å².